The Bertz CT molecular complexity index is 440. The number of carbonyl (C=O) groups excluding carboxylic acids is 2. The van der Waals surface area contributed by atoms with Crippen molar-refractivity contribution in [2.45, 2.75) is 19.4 Å². The van der Waals surface area contributed by atoms with E-state index in [0.29, 0.717) is 12.8 Å². The number of hydrogen-bond donors (Lipinski definition) is 0. The third-order valence-corrected chi connectivity index (χ3v) is 3.24. The SMILES string of the molecule is O=C(OCI)C1(C(=O)OCc2ccccc2)CC1. The van der Waals surface area contributed by atoms with Gasteiger partial charge in [-0.3, -0.25) is 9.59 Å². The van der Waals surface area contributed by atoms with Crippen LogP contribution in [-0.2, 0) is 25.7 Å². The Morgan fingerprint density at radius 3 is 2.28 bits per heavy atom. The summed E-state index contributed by atoms with van der Waals surface area (Å²) in [7, 11) is 0. The number of ether oxygens (including phenoxy) is 2. The van der Waals surface area contributed by atoms with Crippen LogP contribution in [-0.4, -0.2) is 16.6 Å². The van der Waals surface area contributed by atoms with E-state index in [1.54, 1.807) is 0 Å². The maximum atomic E-state index is 11.9. The first kappa shape index (κ1) is 13.3. The smallest absolute Gasteiger partial charge is 0.324 e. The van der Waals surface area contributed by atoms with Crippen molar-refractivity contribution in [1.29, 1.82) is 0 Å². The average molecular weight is 360 g/mol. The summed E-state index contributed by atoms with van der Waals surface area (Å²) in [4.78, 5) is 23.5. The van der Waals surface area contributed by atoms with Gasteiger partial charge in [0.2, 0.25) is 0 Å². The lowest BCUT2D eigenvalue weighted by Gasteiger charge is -2.12. The molecule has 0 heterocycles. The van der Waals surface area contributed by atoms with Crippen molar-refractivity contribution in [2.75, 3.05) is 4.61 Å². The molecule has 0 aliphatic heterocycles. The first-order valence-corrected chi connectivity index (χ1v) is 7.16. The lowest BCUT2D eigenvalue weighted by molar-refractivity contribution is -0.164. The van der Waals surface area contributed by atoms with E-state index in [1.807, 2.05) is 52.9 Å². The van der Waals surface area contributed by atoms with Gasteiger partial charge in [0.25, 0.3) is 0 Å². The summed E-state index contributed by atoms with van der Waals surface area (Å²) < 4.78 is 10.3. The molecule has 4 nitrogen and oxygen atoms in total. The quantitative estimate of drug-likeness (QED) is 0.350. The van der Waals surface area contributed by atoms with Gasteiger partial charge in [0.15, 0.2) is 5.41 Å². The molecule has 0 unspecified atom stereocenters. The highest BCUT2D eigenvalue weighted by Gasteiger charge is 2.59. The second-order valence-electron chi connectivity index (χ2n) is 4.18. The molecule has 0 bridgehead atoms. The van der Waals surface area contributed by atoms with Crippen molar-refractivity contribution in [3.63, 3.8) is 0 Å². The van der Waals surface area contributed by atoms with Crippen LogP contribution in [0.25, 0.3) is 0 Å². The lowest BCUT2D eigenvalue weighted by atomic mass is 10.1. The van der Waals surface area contributed by atoms with E-state index in [1.165, 1.54) is 0 Å². The van der Waals surface area contributed by atoms with E-state index >= 15 is 0 Å². The molecular weight excluding hydrogens is 347 g/mol. The molecule has 2 rings (SSSR count). The maximum absolute atomic E-state index is 11.9. The van der Waals surface area contributed by atoms with Gasteiger partial charge in [0, 0.05) is 0 Å². The van der Waals surface area contributed by atoms with Crippen LogP contribution in [0.4, 0.5) is 0 Å². The number of hydrogen-bond acceptors (Lipinski definition) is 4. The molecular formula is C13H13IO4. The molecule has 0 atom stereocenters. The zero-order valence-corrected chi connectivity index (χ0v) is 11.9. The Hall–Kier alpha value is -1.11. The largest absolute Gasteiger partial charge is 0.460 e. The van der Waals surface area contributed by atoms with Gasteiger partial charge in [0.1, 0.15) is 11.2 Å². The Labute approximate surface area is 119 Å². The molecule has 1 saturated carbocycles. The van der Waals surface area contributed by atoms with Gasteiger partial charge < -0.3 is 9.47 Å². The number of benzene rings is 1. The average Bonchev–Trinajstić information content (AvgIpc) is 3.19. The number of carbonyl (C=O) groups is 2. The van der Waals surface area contributed by atoms with E-state index in [-0.39, 0.29) is 11.2 Å². The van der Waals surface area contributed by atoms with Crippen LogP contribution >= 0.6 is 22.6 Å². The first-order chi connectivity index (χ1) is 8.69. The third-order valence-electron chi connectivity index (χ3n) is 2.93. The highest BCUT2D eigenvalue weighted by molar-refractivity contribution is 14.1. The number of esters is 2. The molecule has 0 spiro atoms. The number of halogens is 1. The zero-order chi connectivity index (χ0) is 13.0. The molecule has 0 amide bonds. The van der Waals surface area contributed by atoms with Crippen molar-refractivity contribution >= 4 is 34.5 Å². The standard InChI is InChI=1S/C13H13IO4/c14-9-18-12(16)13(6-7-13)11(15)17-8-10-4-2-1-3-5-10/h1-5H,6-9H2. The fourth-order valence-corrected chi connectivity index (χ4v) is 1.95. The van der Waals surface area contributed by atoms with Gasteiger partial charge in [-0.2, -0.15) is 0 Å². The van der Waals surface area contributed by atoms with Crippen LogP contribution < -0.4 is 0 Å². The molecule has 0 saturated heterocycles. The normalized spacial score (nSPS) is 15.8. The highest BCUT2D eigenvalue weighted by Crippen LogP contribution is 2.48. The molecule has 1 aliphatic carbocycles. The zero-order valence-electron chi connectivity index (χ0n) is 9.73. The molecule has 1 fully saturated rings. The molecule has 18 heavy (non-hydrogen) atoms. The van der Waals surface area contributed by atoms with Crippen molar-refractivity contribution in [3.8, 4) is 0 Å². The second kappa shape index (κ2) is 5.69. The molecule has 5 heteroatoms. The molecule has 96 valence electrons. The number of alkyl halides is 1. The lowest BCUT2D eigenvalue weighted by Crippen LogP contribution is -2.29. The predicted molar refractivity (Wildman–Crippen MR) is 72.9 cm³/mol. The summed E-state index contributed by atoms with van der Waals surface area (Å²) in [5.41, 5.74) is -0.121. The Kier molecular flexibility index (Phi) is 4.21. The van der Waals surface area contributed by atoms with Crippen molar-refractivity contribution < 1.29 is 19.1 Å². The fourth-order valence-electron chi connectivity index (χ4n) is 1.67. The Morgan fingerprint density at radius 1 is 1.11 bits per heavy atom. The first-order valence-electron chi connectivity index (χ1n) is 5.63. The van der Waals surface area contributed by atoms with Crippen LogP contribution in [0.3, 0.4) is 0 Å². The van der Waals surface area contributed by atoms with Gasteiger partial charge in [0.05, 0.1) is 0 Å². The van der Waals surface area contributed by atoms with Crippen LogP contribution in [0.2, 0.25) is 0 Å². The van der Waals surface area contributed by atoms with E-state index < -0.39 is 17.4 Å². The summed E-state index contributed by atoms with van der Waals surface area (Å²) in [6, 6.07) is 9.39. The van der Waals surface area contributed by atoms with Gasteiger partial charge in [-0.05, 0) is 41.0 Å². The minimum absolute atomic E-state index is 0.193. The van der Waals surface area contributed by atoms with Crippen LogP contribution in [0.5, 0.6) is 0 Å². The predicted octanol–water partition coefficient (Wildman–Crippen LogP) is 2.45. The Balaban J connectivity index is 1.91. The fraction of sp³-hybridized carbons (Fsp3) is 0.385. The Morgan fingerprint density at radius 2 is 1.72 bits per heavy atom. The van der Waals surface area contributed by atoms with Gasteiger partial charge >= 0.3 is 11.9 Å². The minimum atomic E-state index is -1.03. The molecule has 1 aromatic carbocycles. The minimum Gasteiger partial charge on any atom is -0.460 e. The summed E-state index contributed by atoms with van der Waals surface area (Å²) >= 11 is 1.93. The summed E-state index contributed by atoms with van der Waals surface area (Å²) in [6.07, 6.45) is 1.05. The van der Waals surface area contributed by atoms with Gasteiger partial charge in [-0.25, -0.2) is 0 Å². The monoisotopic (exact) mass is 360 g/mol. The maximum Gasteiger partial charge on any atom is 0.324 e. The molecule has 0 radical (unpaired) electrons. The second-order valence-corrected chi connectivity index (χ2v) is 4.81. The van der Waals surface area contributed by atoms with Crippen molar-refractivity contribution in [3.05, 3.63) is 35.9 Å². The molecule has 0 N–H and O–H groups in total. The van der Waals surface area contributed by atoms with E-state index in [2.05, 4.69) is 0 Å². The van der Waals surface area contributed by atoms with Gasteiger partial charge in [-0.1, -0.05) is 30.3 Å². The van der Waals surface area contributed by atoms with Crippen molar-refractivity contribution in [2.24, 2.45) is 5.41 Å². The summed E-state index contributed by atoms with van der Waals surface area (Å²) in [5, 5.41) is 0. The summed E-state index contributed by atoms with van der Waals surface area (Å²) in [5.74, 6) is -0.934. The molecule has 1 aliphatic rings. The third kappa shape index (κ3) is 2.82. The van der Waals surface area contributed by atoms with Crippen LogP contribution in [0, 0.1) is 5.41 Å². The van der Waals surface area contributed by atoms with E-state index in [4.69, 9.17) is 9.47 Å². The van der Waals surface area contributed by atoms with E-state index in [0.717, 1.165) is 5.56 Å². The van der Waals surface area contributed by atoms with Crippen LogP contribution in [0.15, 0.2) is 30.3 Å². The van der Waals surface area contributed by atoms with Crippen molar-refractivity contribution in [1.82, 2.24) is 0 Å². The molecule has 0 aromatic heterocycles. The van der Waals surface area contributed by atoms with E-state index in [9.17, 15) is 9.59 Å². The van der Waals surface area contributed by atoms with Crippen LogP contribution in [0.1, 0.15) is 18.4 Å². The topological polar surface area (TPSA) is 52.6 Å². The summed E-state index contributed by atoms with van der Waals surface area (Å²) in [6.45, 7) is 0.193. The number of rotatable bonds is 5. The highest BCUT2D eigenvalue weighted by atomic mass is 127. The molecule has 1 aromatic rings. The van der Waals surface area contributed by atoms with Gasteiger partial charge in [-0.15, -0.1) is 0 Å².